The highest BCUT2D eigenvalue weighted by atomic mass is 31.2. The first-order chi connectivity index (χ1) is 21.9. The molecule has 23 nitrogen and oxygen atoms in total. The zero-order valence-corrected chi connectivity index (χ0v) is 25.4. The SMILES string of the molecule is CO[C@H]1[C@@H](OP(=O)(O)OC[C@H]2O[C@@H](n3cnc4c(N)ncnc43)[C@H](O)[C@@H]2O[PH](=O)O)[C@H](n2cnc3c(=O)[nH]c(N)nc32)O[C@@H]1CO. The Balaban J connectivity index is 1.24. The van der Waals surface area contributed by atoms with Crippen LogP contribution in [0.2, 0.25) is 0 Å². The first kappa shape index (κ1) is 32.5. The van der Waals surface area contributed by atoms with Crippen LogP contribution < -0.4 is 17.0 Å². The van der Waals surface area contributed by atoms with Crippen molar-refractivity contribution in [3.8, 4) is 0 Å². The summed E-state index contributed by atoms with van der Waals surface area (Å²) in [5.74, 6) is -0.198. The van der Waals surface area contributed by atoms with Gasteiger partial charge in [-0.15, -0.1) is 0 Å². The third-order valence-corrected chi connectivity index (χ3v) is 8.79. The van der Waals surface area contributed by atoms with Crippen molar-refractivity contribution in [2.45, 2.75) is 49.1 Å². The molecule has 0 bridgehead atoms. The molecule has 250 valence electrons. The number of ether oxygens (including phenoxy) is 3. The number of aliphatic hydroxyl groups is 2. The highest BCUT2D eigenvalue weighted by molar-refractivity contribution is 7.47. The lowest BCUT2D eigenvalue weighted by molar-refractivity contribution is -0.0609. The number of rotatable bonds is 11. The fourth-order valence-corrected chi connectivity index (χ4v) is 6.81. The summed E-state index contributed by atoms with van der Waals surface area (Å²) in [5.41, 5.74) is 11.0. The summed E-state index contributed by atoms with van der Waals surface area (Å²) in [6, 6.07) is 0. The van der Waals surface area contributed by atoms with Crippen molar-refractivity contribution >= 4 is 50.2 Å². The molecule has 25 heteroatoms. The molecule has 0 amide bonds. The van der Waals surface area contributed by atoms with Crippen molar-refractivity contribution in [3.05, 3.63) is 29.3 Å². The molecule has 2 aliphatic rings. The molecule has 10 atom stereocenters. The maximum atomic E-state index is 13.3. The first-order valence-electron chi connectivity index (χ1n) is 13.3. The molecular formula is C21H28N10O13P2. The zero-order chi connectivity index (χ0) is 32.9. The molecule has 6 rings (SSSR count). The number of hydrogen-bond donors (Lipinski definition) is 7. The Kier molecular flexibility index (Phi) is 8.93. The van der Waals surface area contributed by atoms with Crippen LogP contribution in [0.1, 0.15) is 12.5 Å². The monoisotopic (exact) mass is 690 g/mol. The number of aromatic nitrogens is 8. The third-order valence-electron chi connectivity index (χ3n) is 7.33. The number of anilines is 2. The number of nitrogen functional groups attached to an aromatic ring is 2. The van der Waals surface area contributed by atoms with Crippen LogP contribution in [0, 0.1) is 0 Å². The van der Waals surface area contributed by atoms with Crippen LogP contribution in [0.3, 0.4) is 0 Å². The van der Waals surface area contributed by atoms with E-state index in [4.69, 9.17) is 39.2 Å². The first-order valence-corrected chi connectivity index (χ1v) is 16.0. The summed E-state index contributed by atoms with van der Waals surface area (Å²) in [5, 5.41) is 20.9. The standard InChI is InChI=1S/C21H28N10O13P2/c1-39-13-7(2-32)41-20(31-6-27-10-17(31)28-21(23)29-18(10)34)14(13)44-46(37,38)40-3-8-12(43-45(35)36)11(33)19(42-8)30-5-26-9-15(22)24-4-25-16(9)30/h4-8,11-14,19-20,32-33,45H,2-3H2,1H3,(H,35,36)(H,37,38)(H2,22,24,25)(H3,23,28,29,34)/t7-,8-,11-,12-,13-,14-,19-,20-/m1/s1. The van der Waals surface area contributed by atoms with Crippen LogP contribution in [0.5, 0.6) is 0 Å². The second kappa shape index (κ2) is 12.6. The molecule has 2 unspecified atom stereocenters. The second-order valence-corrected chi connectivity index (χ2v) is 12.2. The van der Waals surface area contributed by atoms with E-state index in [1.54, 1.807) is 0 Å². The summed E-state index contributed by atoms with van der Waals surface area (Å²) in [7, 11) is -7.51. The minimum Gasteiger partial charge on any atom is -0.394 e. The number of methoxy groups -OCH3 is 1. The Morgan fingerprint density at radius 2 is 1.74 bits per heavy atom. The van der Waals surface area contributed by atoms with Gasteiger partial charge in [-0.25, -0.2) is 24.5 Å². The van der Waals surface area contributed by atoms with Gasteiger partial charge in [0.25, 0.3) is 5.56 Å². The summed E-state index contributed by atoms with van der Waals surface area (Å²) < 4.78 is 60.2. The van der Waals surface area contributed by atoms with Crippen LogP contribution in [0.25, 0.3) is 22.3 Å². The van der Waals surface area contributed by atoms with Crippen LogP contribution >= 0.6 is 16.1 Å². The highest BCUT2D eigenvalue weighted by Crippen LogP contribution is 2.51. The number of nitrogens with zero attached hydrogens (tertiary/aromatic N) is 7. The van der Waals surface area contributed by atoms with E-state index < -0.39 is 83.9 Å². The van der Waals surface area contributed by atoms with Crippen molar-refractivity contribution in [2.75, 3.05) is 31.8 Å². The summed E-state index contributed by atoms with van der Waals surface area (Å²) in [6.07, 6.45) is -7.33. The lowest BCUT2D eigenvalue weighted by atomic mass is 10.1. The fourth-order valence-electron chi connectivity index (χ4n) is 5.36. The predicted octanol–water partition coefficient (Wildman–Crippen LogP) is -2.44. The molecule has 0 radical (unpaired) electrons. The molecule has 2 saturated heterocycles. The Morgan fingerprint density at radius 3 is 2.43 bits per heavy atom. The van der Waals surface area contributed by atoms with Crippen molar-refractivity contribution in [3.63, 3.8) is 0 Å². The number of aliphatic hydroxyl groups excluding tert-OH is 2. The molecule has 4 aromatic heterocycles. The lowest BCUT2D eigenvalue weighted by Crippen LogP contribution is -2.37. The van der Waals surface area contributed by atoms with Crippen LogP contribution in [0.4, 0.5) is 11.8 Å². The average Bonchev–Trinajstić information content (AvgIpc) is 3.76. The van der Waals surface area contributed by atoms with Gasteiger partial charge in [-0.2, -0.15) is 4.98 Å². The van der Waals surface area contributed by atoms with Gasteiger partial charge in [-0.1, -0.05) is 0 Å². The maximum Gasteiger partial charge on any atom is 0.472 e. The van der Waals surface area contributed by atoms with Crippen molar-refractivity contribution in [1.82, 2.24) is 39.0 Å². The van der Waals surface area contributed by atoms with E-state index in [1.165, 1.54) is 22.6 Å². The average molecular weight is 690 g/mol. The lowest BCUT2D eigenvalue weighted by Gasteiger charge is -2.26. The predicted molar refractivity (Wildman–Crippen MR) is 151 cm³/mol. The number of nitrogens with two attached hydrogens (primary N) is 2. The van der Waals surface area contributed by atoms with Gasteiger partial charge in [0.1, 0.15) is 48.5 Å². The van der Waals surface area contributed by atoms with Crippen LogP contribution in [0.15, 0.2) is 23.8 Å². The second-order valence-electron chi connectivity index (χ2n) is 10.0. The topological polar surface area (TPSA) is 330 Å². The van der Waals surface area contributed by atoms with Crippen LogP contribution in [-0.4, -0.2) is 116 Å². The molecule has 2 aliphatic heterocycles. The van der Waals surface area contributed by atoms with Gasteiger partial charge in [0.15, 0.2) is 35.1 Å². The minimum atomic E-state index is -5.10. The van der Waals surface area contributed by atoms with E-state index in [-0.39, 0.29) is 34.1 Å². The van der Waals surface area contributed by atoms with E-state index in [2.05, 4.69) is 29.9 Å². The quantitative estimate of drug-likeness (QED) is 0.0803. The van der Waals surface area contributed by atoms with Gasteiger partial charge in [-0.05, 0) is 0 Å². The van der Waals surface area contributed by atoms with Crippen molar-refractivity contribution < 1.29 is 56.9 Å². The number of aromatic amines is 1. The number of phosphoric ester groups is 1. The number of fused-ring (bicyclic) bond motifs is 2. The van der Waals surface area contributed by atoms with Gasteiger partial charge >= 0.3 is 16.1 Å². The maximum absolute atomic E-state index is 13.3. The molecule has 2 fully saturated rings. The Morgan fingerprint density at radius 1 is 1.04 bits per heavy atom. The summed E-state index contributed by atoms with van der Waals surface area (Å²) in [4.78, 5) is 54.9. The molecule has 4 aromatic rings. The highest BCUT2D eigenvalue weighted by Gasteiger charge is 2.52. The van der Waals surface area contributed by atoms with Crippen LogP contribution in [-0.2, 0) is 36.9 Å². The normalized spacial score (nSPS) is 30.3. The Labute approximate surface area is 256 Å². The van der Waals surface area contributed by atoms with E-state index in [9.17, 15) is 33.9 Å². The number of H-pyrrole nitrogens is 1. The van der Waals surface area contributed by atoms with E-state index in [1.807, 2.05) is 0 Å². The third kappa shape index (κ3) is 5.92. The summed E-state index contributed by atoms with van der Waals surface area (Å²) in [6.45, 7) is -1.39. The molecule has 0 aromatic carbocycles. The molecule has 0 aliphatic carbocycles. The van der Waals surface area contributed by atoms with Crippen molar-refractivity contribution in [1.29, 1.82) is 0 Å². The molecule has 9 N–H and O–H groups in total. The summed E-state index contributed by atoms with van der Waals surface area (Å²) >= 11 is 0. The largest absolute Gasteiger partial charge is 0.472 e. The fraction of sp³-hybridized carbons (Fsp3) is 0.524. The van der Waals surface area contributed by atoms with Crippen molar-refractivity contribution in [2.24, 2.45) is 0 Å². The number of hydrogen-bond acceptors (Lipinski definition) is 18. The van der Waals surface area contributed by atoms with Gasteiger partial charge in [-0.3, -0.25) is 32.5 Å². The minimum absolute atomic E-state index is 0.0458. The molecule has 0 saturated carbocycles. The Hall–Kier alpha value is -3.44. The smallest absolute Gasteiger partial charge is 0.394 e. The van der Waals surface area contributed by atoms with Gasteiger partial charge in [0.2, 0.25) is 5.95 Å². The zero-order valence-electron chi connectivity index (χ0n) is 23.5. The van der Waals surface area contributed by atoms with Gasteiger partial charge in [0, 0.05) is 7.11 Å². The van der Waals surface area contributed by atoms with E-state index in [0.717, 1.165) is 12.7 Å². The molecule has 0 spiro atoms. The van der Waals surface area contributed by atoms with Gasteiger partial charge in [0.05, 0.1) is 25.9 Å². The van der Waals surface area contributed by atoms with E-state index in [0.29, 0.717) is 0 Å². The molecular weight excluding hydrogens is 662 g/mol. The molecule has 46 heavy (non-hydrogen) atoms. The number of nitrogens with one attached hydrogen (secondary N) is 1. The Bertz CT molecular complexity index is 1870. The number of imidazole rings is 2. The number of phosphoric acid groups is 1. The molecule has 6 heterocycles. The van der Waals surface area contributed by atoms with Gasteiger partial charge < -0.3 is 50.2 Å². The van der Waals surface area contributed by atoms with E-state index >= 15 is 0 Å².